The van der Waals surface area contributed by atoms with Gasteiger partial charge in [0.1, 0.15) is 0 Å². The third-order valence-corrected chi connectivity index (χ3v) is 5.27. The molecular formula is C26H25NO2. The molecule has 3 rings (SSSR count). The summed E-state index contributed by atoms with van der Waals surface area (Å²) < 4.78 is 0. The summed E-state index contributed by atoms with van der Waals surface area (Å²) in [4.78, 5) is 11.6. The van der Waals surface area contributed by atoms with Crippen LogP contribution in [0.2, 0.25) is 0 Å². The Morgan fingerprint density at radius 1 is 0.828 bits per heavy atom. The Kier molecular flexibility index (Phi) is 7.19. The molecule has 0 heterocycles. The third kappa shape index (κ3) is 6.05. The Balaban J connectivity index is 1.54. The van der Waals surface area contributed by atoms with Gasteiger partial charge in [0.25, 0.3) is 0 Å². The van der Waals surface area contributed by atoms with Crippen molar-refractivity contribution in [3.63, 3.8) is 0 Å². The molecule has 1 N–H and O–H groups in total. The molecule has 1 unspecified atom stereocenters. The Labute approximate surface area is 172 Å². The fraction of sp³-hybridized carbons (Fsp3) is 0.231. The summed E-state index contributed by atoms with van der Waals surface area (Å²) in [6.07, 6.45) is 3.90. The number of rotatable bonds is 9. The Hall–Kier alpha value is -3.38. The molecule has 0 aliphatic rings. The molecule has 0 bridgehead atoms. The van der Waals surface area contributed by atoms with Crippen LogP contribution in [-0.2, 0) is 17.6 Å². The summed E-state index contributed by atoms with van der Waals surface area (Å²) >= 11 is 0. The number of nitrogens with zero attached hydrogens (tertiary/aromatic N) is 1. The molecule has 1 atom stereocenters. The monoisotopic (exact) mass is 383 g/mol. The zero-order chi connectivity index (χ0) is 20.5. The molecule has 0 aromatic heterocycles. The van der Waals surface area contributed by atoms with E-state index in [1.165, 1.54) is 5.56 Å². The highest BCUT2D eigenvalue weighted by molar-refractivity contribution is 5.70. The lowest BCUT2D eigenvalue weighted by Crippen LogP contribution is -2.15. The van der Waals surface area contributed by atoms with E-state index < -0.39 is 5.97 Å². The average Bonchev–Trinajstić information content (AvgIpc) is 2.77. The lowest BCUT2D eigenvalue weighted by molar-refractivity contribution is -0.142. The van der Waals surface area contributed by atoms with Crippen molar-refractivity contribution in [1.82, 2.24) is 0 Å². The summed E-state index contributed by atoms with van der Waals surface area (Å²) in [7, 11) is 0. The molecule has 3 nitrogen and oxygen atoms in total. The number of carboxylic acid groups (broad SMARTS) is 1. The molecule has 0 aliphatic carbocycles. The Morgan fingerprint density at radius 2 is 1.55 bits per heavy atom. The number of aliphatic carboxylic acids is 1. The zero-order valence-corrected chi connectivity index (χ0v) is 16.4. The second-order valence-electron chi connectivity index (χ2n) is 7.34. The topological polar surface area (TPSA) is 61.1 Å². The van der Waals surface area contributed by atoms with E-state index in [0.29, 0.717) is 18.4 Å². The standard InChI is InChI=1S/C26H25NO2/c27-19-22-9-5-11-25(18-22)23-15-12-21(13-16-23)14-17-24(26(28)29)10-4-8-20-6-2-1-3-7-20/h1-3,5-7,9,11-13,15-16,18,24H,4,8,10,14,17H2,(H,28,29). The van der Waals surface area contributed by atoms with Gasteiger partial charge in [0.05, 0.1) is 17.6 Å². The number of benzene rings is 3. The van der Waals surface area contributed by atoms with Crippen LogP contribution in [0.5, 0.6) is 0 Å². The minimum Gasteiger partial charge on any atom is -0.481 e. The molecule has 3 heteroatoms. The van der Waals surface area contributed by atoms with E-state index >= 15 is 0 Å². The first-order valence-corrected chi connectivity index (χ1v) is 10.0. The van der Waals surface area contributed by atoms with E-state index in [2.05, 4.69) is 30.3 Å². The predicted octanol–water partition coefficient (Wildman–Crippen LogP) is 5.88. The molecule has 0 spiro atoms. The second-order valence-corrected chi connectivity index (χ2v) is 7.34. The summed E-state index contributed by atoms with van der Waals surface area (Å²) in [5.41, 5.74) is 5.11. The minimum atomic E-state index is -0.706. The SMILES string of the molecule is N#Cc1cccc(-c2ccc(CCC(CCCc3ccccc3)C(=O)O)cc2)c1. The largest absolute Gasteiger partial charge is 0.481 e. The fourth-order valence-electron chi connectivity index (χ4n) is 3.56. The van der Waals surface area contributed by atoms with E-state index in [4.69, 9.17) is 5.26 Å². The number of nitriles is 1. The van der Waals surface area contributed by atoms with Crippen LogP contribution in [0.3, 0.4) is 0 Å². The molecule has 0 saturated heterocycles. The van der Waals surface area contributed by atoms with Crippen LogP contribution in [-0.4, -0.2) is 11.1 Å². The van der Waals surface area contributed by atoms with Crippen LogP contribution < -0.4 is 0 Å². The number of hydrogen-bond acceptors (Lipinski definition) is 2. The number of aryl methyl sites for hydroxylation is 2. The highest BCUT2D eigenvalue weighted by Crippen LogP contribution is 2.23. The lowest BCUT2D eigenvalue weighted by atomic mass is 9.93. The molecule has 29 heavy (non-hydrogen) atoms. The van der Waals surface area contributed by atoms with E-state index in [1.807, 2.05) is 48.5 Å². The van der Waals surface area contributed by atoms with Crippen LogP contribution in [0.4, 0.5) is 0 Å². The highest BCUT2D eigenvalue weighted by atomic mass is 16.4. The van der Waals surface area contributed by atoms with Crippen molar-refractivity contribution >= 4 is 5.97 Å². The predicted molar refractivity (Wildman–Crippen MR) is 115 cm³/mol. The van der Waals surface area contributed by atoms with Crippen LogP contribution in [0.15, 0.2) is 78.9 Å². The fourth-order valence-corrected chi connectivity index (χ4v) is 3.56. The maximum atomic E-state index is 11.6. The van der Waals surface area contributed by atoms with Crippen molar-refractivity contribution in [2.24, 2.45) is 5.92 Å². The minimum absolute atomic E-state index is 0.314. The maximum Gasteiger partial charge on any atom is 0.306 e. The van der Waals surface area contributed by atoms with Crippen LogP contribution in [0.1, 0.15) is 36.0 Å². The number of hydrogen-bond donors (Lipinski definition) is 1. The summed E-state index contributed by atoms with van der Waals surface area (Å²) in [6.45, 7) is 0. The van der Waals surface area contributed by atoms with Crippen molar-refractivity contribution < 1.29 is 9.90 Å². The number of carbonyl (C=O) groups is 1. The normalized spacial score (nSPS) is 11.6. The quantitative estimate of drug-likeness (QED) is 0.502. The summed E-state index contributed by atoms with van der Waals surface area (Å²) in [5, 5.41) is 18.6. The molecule has 0 aliphatic heterocycles. The summed E-state index contributed by atoms with van der Waals surface area (Å²) in [5.74, 6) is -1.02. The first-order valence-electron chi connectivity index (χ1n) is 10.0. The van der Waals surface area contributed by atoms with Crippen molar-refractivity contribution in [3.8, 4) is 17.2 Å². The molecule has 0 saturated carbocycles. The van der Waals surface area contributed by atoms with Gasteiger partial charge in [-0.3, -0.25) is 4.79 Å². The summed E-state index contributed by atoms with van der Waals surface area (Å²) in [6, 6.07) is 28.1. The van der Waals surface area contributed by atoms with Crippen LogP contribution >= 0.6 is 0 Å². The van der Waals surface area contributed by atoms with Gasteiger partial charge in [0.15, 0.2) is 0 Å². The highest BCUT2D eigenvalue weighted by Gasteiger charge is 2.17. The van der Waals surface area contributed by atoms with E-state index in [9.17, 15) is 9.90 Å². The molecule has 3 aromatic carbocycles. The zero-order valence-electron chi connectivity index (χ0n) is 16.4. The van der Waals surface area contributed by atoms with Crippen molar-refractivity contribution in [3.05, 3.63) is 95.6 Å². The van der Waals surface area contributed by atoms with Crippen LogP contribution in [0, 0.1) is 17.2 Å². The lowest BCUT2D eigenvalue weighted by Gasteiger charge is -2.13. The van der Waals surface area contributed by atoms with Crippen molar-refractivity contribution in [2.75, 3.05) is 0 Å². The molecule has 146 valence electrons. The van der Waals surface area contributed by atoms with Crippen LogP contribution in [0.25, 0.3) is 11.1 Å². The molecular weight excluding hydrogens is 358 g/mol. The van der Waals surface area contributed by atoms with Crippen molar-refractivity contribution in [2.45, 2.75) is 32.1 Å². The van der Waals surface area contributed by atoms with Gasteiger partial charge in [-0.15, -0.1) is 0 Å². The van der Waals surface area contributed by atoms with Gasteiger partial charge >= 0.3 is 5.97 Å². The first kappa shape index (κ1) is 20.4. The van der Waals surface area contributed by atoms with E-state index in [-0.39, 0.29) is 5.92 Å². The second kappa shape index (κ2) is 10.2. The van der Waals surface area contributed by atoms with E-state index in [0.717, 1.165) is 36.0 Å². The molecule has 0 fully saturated rings. The van der Waals surface area contributed by atoms with Gasteiger partial charge in [-0.2, -0.15) is 5.26 Å². The van der Waals surface area contributed by atoms with Gasteiger partial charge in [0.2, 0.25) is 0 Å². The van der Waals surface area contributed by atoms with Gasteiger partial charge in [-0.25, -0.2) is 0 Å². The van der Waals surface area contributed by atoms with Gasteiger partial charge < -0.3 is 5.11 Å². The van der Waals surface area contributed by atoms with Gasteiger partial charge in [-0.1, -0.05) is 66.7 Å². The first-order chi connectivity index (χ1) is 14.2. The maximum absolute atomic E-state index is 11.6. The smallest absolute Gasteiger partial charge is 0.306 e. The average molecular weight is 383 g/mol. The van der Waals surface area contributed by atoms with E-state index in [1.54, 1.807) is 6.07 Å². The molecule has 0 radical (unpaired) electrons. The third-order valence-electron chi connectivity index (χ3n) is 5.27. The Bertz CT molecular complexity index is 972. The van der Waals surface area contributed by atoms with Crippen molar-refractivity contribution in [1.29, 1.82) is 5.26 Å². The molecule has 3 aromatic rings. The Morgan fingerprint density at radius 3 is 2.24 bits per heavy atom. The van der Waals surface area contributed by atoms with Gasteiger partial charge in [-0.05, 0) is 66.5 Å². The van der Waals surface area contributed by atoms with Gasteiger partial charge in [0, 0.05) is 0 Å². The number of carboxylic acids is 1. The molecule has 0 amide bonds.